The number of carbonyl (C=O) groups excluding carboxylic acids is 1. The lowest BCUT2D eigenvalue weighted by Gasteiger charge is -2.13. The van der Waals surface area contributed by atoms with Crippen molar-refractivity contribution in [2.24, 2.45) is 11.1 Å². The first-order chi connectivity index (χ1) is 9.20. The molecule has 0 saturated carbocycles. The van der Waals surface area contributed by atoms with Gasteiger partial charge >= 0.3 is 5.97 Å². The molecule has 0 spiro atoms. The Hall–Kier alpha value is -1.95. The second-order valence-corrected chi connectivity index (χ2v) is 4.29. The number of carbonyl (C=O) groups is 1. The van der Waals surface area contributed by atoms with Gasteiger partial charge in [-0.2, -0.15) is 0 Å². The summed E-state index contributed by atoms with van der Waals surface area (Å²) in [5.74, 6) is -1.38. The highest BCUT2D eigenvalue weighted by Crippen LogP contribution is 2.34. The van der Waals surface area contributed by atoms with Gasteiger partial charge in [-0.3, -0.25) is 4.79 Å². The molecule has 0 aliphatic carbocycles. The molecule has 2 heterocycles. The maximum absolute atomic E-state index is 12.9. The van der Waals surface area contributed by atoms with E-state index in [1.807, 2.05) is 0 Å². The monoisotopic (exact) mass is 265 g/mol. The van der Waals surface area contributed by atoms with Crippen molar-refractivity contribution in [3.8, 4) is 0 Å². The number of oxime groups is 1. The first-order valence-corrected chi connectivity index (χ1v) is 6.02. The van der Waals surface area contributed by atoms with Crippen molar-refractivity contribution in [1.29, 1.82) is 0 Å². The van der Waals surface area contributed by atoms with Crippen LogP contribution in [0.25, 0.3) is 0 Å². The Morgan fingerprint density at radius 1 is 1.37 bits per heavy atom. The summed E-state index contributed by atoms with van der Waals surface area (Å²) in [6.45, 7) is 2.22. The molecule has 2 aliphatic heterocycles. The normalized spacial score (nSPS) is 28.6. The molecule has 1 saturated heterocycles. The molecule has 3 rings (SSSR count). The molecule has 0 N–H and O–H groups in total. The van der Waals surface area contributed by atoms with Crippen molar-refractivity contribution in [3.63, 3.8) is 0 Å². The summed E-state index contributed by atoms with van der Waals surface area (Å²) in [6.07, 6.45) is -1.29. The zero-order chi connectivity index (χ0) is 13.4. The minimum atomic E-state index is -0.732. The summed E-state index contributed by atoms with van der Waals surface area (Å²) in [5.41, 5.74) is 1.10. The highest BCUT2D eigenvalue weighted by atomic mass is 19.1. The molecular formula is C13H12FNO4. The average Bonchev–Trinajstić information content (AvgIpc) is 2.94. The smallest absolute Gasteiger partial charge is 0.321 e. The van der Waals surface area contributed by atoms with Gasteiger partial charge in [0.1, 0.15) is 17.4 Å². The van der Waals surface area contributed by atoms with Crippen molar-refractivity contribution in [2.45, 2.75) is 19.3 Å². The fourth-order valence-electron chi connectivity index (χ4n) is 2.24. The standard InChI is InChI=1S/C13H12FNO4/c1-2-17-13-11-9(12(16)18-13)10(15-19-11)7-3-5-8(14)6-4-7/h3-6,9,11,13H,2H2,1H3. The number of cyclic esters (lactones) is 1. The van der Waals surface area contributed by atoms with Gasteiger partial charge in [0.2, 0.25) is 12.4 Å². The molecule has 0 aromatic heterocycles. The summed E-state index contributed by atoms with van der Waals surface area (Å²) in [5, 5.41) is 3.92. The summed E-state index contributed by atoms with van der Waals surface area (Å²) in [7, 11) is 0. The molecule has 3 unspecified atom stereocenters. The van der Waals surface area contributed by atoms with Gasteiger partial charge in [0.15, 0.2) is 0 Å². The van der Waals surface area contributed by atoms with Crippen LogP contribution in [0.4, 0.5) is 4.39 Å². The molecule has 100 valence electrons. The van der Waals surface area contributed by atoms with Crippen molar-refractivity contribution in [2.75, 3.05) is 6.61 Å². The number of ether oxygens (including phenoxy) is 2. The zero-order valence-corrected chi connectivity index (χ0v) is 10.2. The summed E-state index contributed by atoms with van der Waals surface area (Å²) in [6, 6.07) is 5.74. The summed E-state index contributed by atoms with van der Waals surface area (Å²) < 4.78 is 23.3. The van der Waals surface area contributed by atoms with Gasteiger partial charge in [0.05, 0.1) is 0 Å². The Morgan fingerprint density at radius 2 is 2.11 bits per heavy atom. The van der Waals surface area contributed by atoms with Crippen LogP contribution in [0.3, 0.4) is 0 Å². The molecular weight excluding hydrogens is 253 g/mol. The van der Waals surface area contributed by atoms with Crippen molar-refractivity contribution >= 4 is 11.7 Å². The van der Waals surface area contributed by atoms with E-state index in [0.29, 0.717) is 17.9 Å². The maximum Gasteiger partial charge on any atom is 0.321 e. The predicted molar refractivity (Wildman–Crippen MR) is 62.8 cm³/mol. The van der Waals surface area contributed by atoms with E-state index in [0.717, 1.165) is 0 Å². The van der Waals surface area contributed by atoms with Crippen LogP contribution in [0.15, 0.2) is 29.4 Å². The van der Waals surface area contributed by atoms with E-state index in [4.69, 9.17) is 14.3 Å². The lowest BCUT2D eigenvalue weighted by atomic mass is 9.94. The van der Waals surface area contributed by atoms with Gasteiger partial charge < -0.3 is 14.3 Å². The Morgan fingerprint density at radius 3 is 2.79 bits per heavy atom. The Labute approximate surface area is 108 Å². The highest BCUT2D eigenvalue weighted by molar-refractivity contribution is 6.13. The molecule has 0 radical (unpaired) electrons. The van der Waals surface area contributed by atoms with Crippen LogP contribution in [0.1, 0.15) is 12.5 Å². The van der Waals surface area contributed by atoms with Gasteiger partial charge in [-0.05, 0) is 19.1 Å². The van der Waals surface area contributed by atoms with Crippen LogP contribution in [0.5, 0.6) is 0 Å². The second kappa shape index (κ2) is 4.62. The Balaban J connectivity index is 1.86. The largest absolute Gasteiger partial charge is 0.431 e. The third kappa shape index (κ3) is 1.98. The highest BCUT2D eigenvalue weighted by Gasteiger charge is 2.54. The van der Waals surface area contributed by atoms with Gasteiger partial charge in [-0.1, -0.05) is 17.3 Å². The lowest BCUT2D eigenvalue weighted by molar-refractivity contribution is -0.177. The van der Waals surface area contributed by atoms with Crippen LogP contribution in [-0.4, -0.2) is 30.7 Å². The number of rotatable bonds is 3. The second-order valence-electron chi connectivity index (χ2n) is 4.29. The molecule has 1 aromatic carbocycles. The molecule has 19 heavy (non-hydrogen) atoms. The molecule has 2 aliphatic rings. The van der Waals surface area contributed by atoms with Gasteiger partial charge in [0, 0.05) is 12.2 Å². The summed E-state index contributed by atoms with van der Waals surface area (Å²) in [4.78, 5) is 17.1. The first-order valence-electron chi connectivity index (χ1n) is 6.02. The van der Waals surface area contributed by atoms with Crippen LogP contribution >= 0.6 is 0 Å². The van der Waals surface area contributed by atoms with Gasteiger partial charge in [-0.15, -0.1) is 0 Å². The SMILES string of the molecule is CCOC1OC(=O)C2C(c3ccc(F)cc3)=NOC12. The fourth-order valence-corrected chi connectivity index (χ4v) is 2.24. The third-order valence-corrected chi connectivity index (χ3v) is 3.12. The van der Waals surface area contributed by atoms with Crippen molar-refractivity contribution in [3.05, 3.63) is 35.6 Å². The van der Waals surface area contributed by atoms with Crippen LogP contribution < -0.4 is 0 Å². The molecule has 1 fully saturated rings. The molecule has 6 heteroatoms. The predicted octanol–water partition coefficient (Wildman–Crippen LogP) is 1.46. The van der Waals surface area contributed by atoms with E-state index >= 15 is 0 Å². The number of hydrogen-bond donors (Lipinski definition) is 0. The Bertz CT molecular complexity index is 528. The number of nitrogens with zero attached hydrogens (tertiary/aromatic N) is 1. The number of benzene rings is 1. The first kappa shape index (κ1) is 12.1. The molecule has 3 atom stereocenters. The minimum Gasteiger partial charge on any atom is -0.431 e. The number of esters is 1. The van der Waals surface area contributed by atoms with E-state index in [-0.39, 0.29) is 5.82 Å². The van der Waals surface area contributed by atoms with Crippen LogP contribution in [0.2, 0.25) is 0 Å². The van der Waals surface area contributed by atoms with Crippen molar-refractivity contribution < 1.29 is 23.5 Å². The van der Waals surface area contributed by atoms with Crippen LogP contribution in [-0.2, 0) is 19.1 Å². The number of halogens is 1. The number of fused-ring (bicyclic) bond motifs is 1. The van der Waals surface area contributed by atoms with Crippen LogP contribution in [0, 0.1) is 11.7 Å². The fraction of sp³-hybridized carbons (Fsp3) is 0.385. The van der Waals surface area contributed by atoms with Gasteiger partial charge in [-0.25, -0.2) is 4.39 Å². The van der Waals surface area contributed by atoms with E-state index in [1.54, 1.807) is 19.1 Å². The zero-order valence-electron chi connectivity index (χ0n) is 10.2. The lowest BCUT2D eigenvalue weighted by Crippen LogP contribution is -2.30. The van der Waals surface area contributed by atoms with Crippen molar-refractivity contribution in [1.82, 2.24) is 0 Å². The quantitative estimate of drug-likeness (QED) is 0.776. The third-order valence-electron chi connectivity index (χ3n) is 3.12. The molecule has 0 bridgehead atoms. The maximum atomic E-state index is 12.9. The van der Waals surface area contributed by atoms with Gasteiger partial charge in [0.25, 0.3) is 0 Å². The van der Waals surface area contributed by atoms with E-state index < -0.39 is 24.3 Å². The van der Waals surface area contributed by atoms with E-state index in [2.05, 4.69) is 5.16 Å². The summed E-state index contributed by atoms with van der Waals surface area (Å²) >= 11 is 0. The average molecular weight is 265 g/mol. The Kier molecular flexibility index (Phi) is 2.94. The molecule has 0 amide bonds. The van der Waals surface area contributed by atoms with E-state index in [1.165, 1.54) is 12.1 Å². The number of hydrogen-bond acceptors (Lipinski definition) is 5. The molecule has 5 nitrogen and oxygen atoms in total. The minimum absolute atomic E-state index is 0.346. The van der Waals surface area contributed by atoms with E-state index in [9.17, 15) is 9.18 Å². The topological polar surface area (TPSA) is 57.1 Å². The molecule has 1 aromatic rings.